The normalized spacial score (nSPS) is 17.1. The highest BCUT2D eigenvalue weighted by atomic mass is 79.9. The van der Waals surface area contributed by atoms with E-state index in [4.69, 9.17) is 0 Å². The van der Waals surface area contributed by atoms with Crippen molar-refractivity contribution in [2.24, 2.45) is 0 Å². The van der Waals surface area contributed by atoms with Crippen molar-refractivity contribution in [3.8, 4) is 0 Å². The van der Waals surface area contributed by atoms with Crippen LogP contribution in [0.2, 0.25) is 0 Å². The average molecular weight is 287 g/mol. The van der Waals surface area contributed by atoms with Crippen LogP contribution in [0.15, 0.2) is 33.0 Å². The molecule has 3 nitrogen and oxygen atoms in total. The first-order chi connectivity index (χ1) is 6.93. The number of carbonyl (C=O) groups is 1. The van der Waals surface area contributed by atoms with E-state index in [1.807, 2.05) is 0 Å². The van der Waals surface area contributed by atoms with Crippen molar-refractivity contribution in [3.63, 3.8) is 0 Å². The molecule has 5 heteroatoms. The van der Waals surface area contributed by atoms with Crippen LogP contribution < -0.4 is 0 Å². The highest BCUT2D eigenvalue weighted by Crippen LogP contribution is 2.38. The van der Waals surface area contributed by atoms with Gasteiger partial charge in [-0.2, -0.15) is 0 Å². The zero-order valence-corrected chi connectivity index (χ0v) is 10.2. The van der Waals surface area contributed by atoms with Crippen molar-refractivity contribution in [3.05, 3.63) is 33.6 Å². The van der Waals surface area contributed by atoms with Gasteiger partial charge >= 0.3 is 0 Å². The Bertz CT molecular complexity index is 585. The van der Waals surface area contributed by atoms with E-state index in [9.17, 15) is 13.2 Å². The summed E-state index contributed by atoms with van der Waals surface area (Å²) in [6, 6.07) is 4.99. The molecule has 78 valence electrons. The van der Waals surface area contributed by atoms with Crippen LogP contribution in [0, 0.1) is 0 Å². The van der Waals surface area contributed by atoms with Crippen LogP contribution in [0.25, 0.3) is 5.57 Å². The van der Waals surface area contributed by atoms with E-state index in [1.165, 1.54) is 6.92 Å². The first kappa shape index (κ1) is 10.6. The molecule has 0 N–H and O–H groups in total. The predicted octanol–water partition coefficient (Wildman–Crippen LogP) is 2.17. The van der Waals surface area contributed by atoms with Gasteiger partial charge in [0.15, 0.2) is 5.78 Å². The van der Waals surface area contributed by atoms with Crippen molar-refractivity contribution in [2.75, 3.05) is 0 Å². The minimum atomic E-state index is -3.46. The van der Waals surface area contributed by atoms with Gasteiger partial charge in [-0.1, -0.05) is 12.1 Å². The Kier molecular flexibility index (Phi) is 2.31. The van der Waals surface area contributed by atoms with Crippen LogP contribution in [0.5, 0.6) is 0 Å². The maximum absolute atomic E-state index is 11.7. The minimum absolute atomic E-state index is 0.190. The van der Waals surface area contributed by atoms with Gasteiger partial charge in [0, 0.05) is 21.0 Å². The fourth-order valence-corrected chi connectivity index (χ4v) is 4.15. The third kappa shape index (κ3) is 1.55. The summed E-state index contributed by atoms with van der Waals surface area (Å²) in [6.07, 6.45) is 0. The second-order valence-electron chi connectivity index (χ2n) is 3.25. The maximum Gasteiger partial charge on any atom is 0.202 e. The SMILES string of the molecule is CC(=O)C1=CS(=O)(=O)c2c(Br)cccc21. The number of carbonyl (C=O) groups excluding carboxylic acids is 1. The monoisotopic (exact) mass is 286 g/mol. The molecule has 0 aromatic heterocycles. The number of rotatable bonds is 1. The molecule has 0 fully saturated rings. The number of sulfone groups is 1. The summed E-state index contributed by atoms with van der Waals surface area (Å²) in [5.41, 5.74) is 0.739. The lowest BCUT2D eigenvalue weighted by Gasteiger charge is -2.02. The Labute approximate surface area is 95.9 Å². The quantitative estimate of drug-likeness (QED) is 0.795. The Morgan fingerprint density at radius 2 is 2.00 bits per heavy atom. The molecule has 0 unspecified atom stereocenters. The summed E-state index contributed by atoms with van der Waals surface area (Å²) in [5, 5.41) is 1.03. The van der Waals surface area contributed by atoms with E-state index in [-0.39, 0.29) is 16.3 Å². The number of allylic oxidation sites excluding steroid dienone is 1. The van der Waals surface area contributed by atoms with Crippen molar-refractivity contribution < 1.29 is 13.2 Å². The average Bonchev–Trinajstić information content (AvgIpc) is 2.39. The molecule has 0 atom stereocenters. The highest BCUT2D eigenvalue weighted by Gasteiger charge is 2.30. The first-order valence-corrected chi connectivity index (χ1v) is 6.54. The summed E-state index contributed by atoms with van der Waals surface area (Å²) in [6.45, 7) is 1.36. The molecule has 0 aliphatic carbocycles. The van der Waals surface area contributed by atoms with Crippen LogP contribution >= 0.6 is 15.9 Å². The molecular weight excluding hydrogens is 280 g/mol. The van der Waals surface area contributed by atoms with E-state index in [1.54, 1.807) is 18.2 Å². The molecule has 0 amide bonds. The van der Waals surface area contributed by atoms with Crippen molar-refractivity contribution in [2.45, 2.75) is 11.8 Å². The van der Waals surface area contributed by atoms with Gasteiger partial charge in [0.05, 0.1) is 4.90 Å². The molecule has 1 aliphatic rings. The first-order valence-electron chi connectivity index (χ1n) is 4.20. The summed E-state index contributed by atoms with van der Waals surface area (Å²) in [5.74, 6) is -0.240. The zero-order chi connectivity index (χ0) is 11.2. The number of hydrogen-bond donors (Lipinski definition) is 0. The fraction of sp³-hybridized carbons (Fsp3) is 0.100. The molecule has 1 aliphatic heterocycles. The molecule has 0 spiro atoms. The molecule has 1 heterocycles. The Morgan fingerprint density at radius 1 is 1.33 bits per heavy atom. The molecule has 0 bridgehead atoms. The van der Waals surface area contributed by atoms with Gasteiger partial charge in [-0.05, 0) is 28.9 Å². The molecule has 15 heavy (non-hydrogen) atoms. The summed E-state index contributed by atoms with van der Waals surface area (Å²) >= 11 is 3.18. The lowest BCUT2D eigenvalue weighted by Crippen LogP contribution is -1.95. The minimum Gasteiger partial charge on any atom is -0.294 e. The Morgan fingerprint density at radius 3 is 2.60 bits per heavy atom. The molecule has 0 saturated carbocycles. The summed E-state index contributed by atoms with van der Waals surface area (Å²) in [7, 11) is -3.46. The Balaban J connectivity index is 2.85. The highest BCUT2D eigenvalue weighted by molar-refractivity contribution is 9.10. The number of hydrogen-bond acceptors (Lipinski definition) is 3. The van der Waals surface area contributed by atoms with Crippen molar-refractivity contribution >= 4 is 37.1 Å². The lowest BCUT2D eigenvalue weighted by molar-refractivity contribution is -0.111. The smallest absolute Gasteiger partial charge is 0.202 e. The van der Waals surface area contributed by atoms with Crippen molar-refractivity contribution in [1.29, 1.82) is 0 Å². The van der Waals surface area contributed by atoms with Crippen molar-refractivity contribution in [1.82, 2.24) is 0 Å². The number of Topliss-reactive ketones (excluding diaryl/α,β-unsaturated/α-hetero) is 1. The number of halogens is 1. The maximum atomic E-state index is 11.7. The van der Waals surface area contributed by atoms with E-state index in [0.717, 1.165) is 5.41 Å². The molecule has 1 aromatic rings. The lowest BCUT2D eigenvalue weighted by atomic mass is 10.1. The largest absolute Gasteiger partial charge is 0.294 e. The van der Waals surface area contributed by atoms with E-state index in [0.29, 0.717) is 10.0 Å². The third-order valence-corrected chi connectivity index (χ3v) is 4.67. The summed E-state index contributed by atoms with van der Waals surface area (Å²) < 4.78 is 24.0. The van der Waals surface area contributed by atoms with Crippen LogP contribution in [0.4, 0.5) is 0 Å². The van der Waals surface area contributed by atoms with E-state index in [2.05, 4.69) is 15.9 Å². The number of ketones is 1. The van der Waals surface area contributed by atoms with E-state index >= 15 is 0 Å². The van der Waals surface area contributed by atoms with Gasteiger partial charge < -0.3 is 0 Å². The predicted molar refractivity (Wildman–Crippen MR) is 60.0 cm³/mol. The zero-order valence-electron chi connectivity index (χ0n) is 7.82. The summed E-state index contributed by atoms with van der Waals surface area (Å²) in [4.78, 5) is 11.4. The topological polar surface area (TPSA) is 51.2 Å². The third-order valence-electron chi connectivity index (χ3n) is 2.19. The molecule has 0 saturated heterocycles. The Hall–Kier alpha value is -0.940. The van der Waals surface area contributed by atoms with Gasteiger partial charge in [-0.25, -0.2) is 8.42 Å². The molecule has 1 aromatic carbocycles. The van der Waals surface area contributed by atoms with Gasteiger partial charge in [0.25, 0.3) is 0 Å². The number of fused-ring (bicyclic) bond motifs is 1. The van der Waals surface area contributed by atoms with Crippen LogP contribution in [-0.2, 0) is 14.6 Å². The van der Waals surface area contributed by atoms with Crippen LogP contribution in [0.3, 0.4) is 0 Å². The molecule has 0 radical (unpaired) electrons. The standard InChI is InChI=1S/C10H7BrO3S/c1-6(12)8-5-15(13,14)10-7(8)3-2-4-9(10)11/h2-5H,1H3. The molecular formula is C10H7BrO3S. The fourth-order valence-electron chi connectivity index (χ4n) is 1.56. The second kappa shape index (κ2) is 3.28. The van der Waals surface area contributed by atoms with Crippen LogP contribution in [0.1, 0.15) is 12.5 Å². The van der Waals surface area contributed by atoms with Gasteiger partial charge in [-0.15, -0.1) is 0 Å². The van der Waals surface area contributed by atoms with Gasteiger partial charge in [0.2, 0.25) is 9.84 Å². The van der Waals surface area contributed by atoms with Crippen LogP contribution in [-0.4, -0.2) is 14.2 Å². The molecule has 2 rings (SSSR count). The van der Waals surface area contributed by atoms with E-state index < -0.39 is 9.84 Å². The second-order valence-corrected chi connectivity index (χ2v) is 5.84. The number of benzene rings is 1. The van der Waals surface area contributed by atoms with Gasteiger partial charge in [0.1, 0.15) is 0 Å². The van der Waals surface area contributed by atoms with Gasteiger partial charge in [-0.3, -0.25) is 4.79 Å².